The average molecular weight is 662 g/mol. The Morgan fingerprint density at radius 1 is 1.10 bits per heavy atom. The Labute approximate surface area is 239 Å². The van der Waals surface area contributed by atoms with E-state index in [-0.39, 0.29) is 22.1 Å². The van der Waals surface area contributed by atoms with E-state index in [1.165, 1.54) is 25.4 Å². The zero-order chi connectivity index (χ0) is 28.5. The Balaban J connectivity index is 1.71. The Morgan fingerprint density at radius 2 is 1.79 bits per heavy atom. The summed E-state index contributed by atoms with van der Waals surface area (Å²) in [7, 11) is -4.47. The number of alkyl halides is 2. The summed E-state index contributed by atoms with van der Waals surface area (Å²) < 4.78 is 50.4. The molecule has 0 amide bonds. The second-order valence-electron chi connectivity index (χ2n) is 8.16. The average Bonchev–Trinajstić information content (AvgIpc) is 3.38. The van der Waals surface area contributed by atoms with Crippen LogP contribution in [-0.2, 0) is 21.5 Å². The molecule has 0 atom stereocenters. The van der Waals surface area contributed by atoms with E-state index in [4.69, 9.17) is 42.1 Å². The van der Waals surface area contributed by atoms with Crippen molar-refractivity contribution in [2.75, 3.05) is 12.0 Å². The van der Waals surface area contributed by atoms with Crippen LogP contribution in [-0.4, -0.2) is 27.8 Å². The minimum atomic E-state index is -5.75. The Bertz CT molecular complexity index is 1580. The molecule has 3 aromatic carbocycles. The molecule has 1 aromatic heterocycles. The number of nitrogens with zero attached hydrogens (tertiary/aromatic N) is 2. The van der Waals surface area contributed by atoms with E-state index in [1.54, 1.807) is 47.4 Å². The van der Waals surface area contributed by atoms with E-state index in [1.807, 2.05) is 0 Å². The molecule has 4 aromatic rings. The fourth-order valence-electron chi connectivity index (χ4n) is 3.57. The number of ether oxygens (including phenoxy) is 1. The van der Waals surface area contributed by atoms with Crippen LogP contribution in [0, 0.1) is 0 Å². The standard InChI is InChI=1S/C25H18BrCl2F2N2O6P/c1-37-23(33)16-5-3-15(4-6-16)22-12-31-24(38-22)32(17-7-9-20(27)21(28)11-17)13-14-2-8-18(19(26)10-14)25(29,30)39(34,35)36/h2-12H,13H2,1H3,(H2,34,35,36). The fourth-order valence-corrected chi connectivity index (χ4v) is 5.20. The van der Waals surface area contributed by atoms with E-state index in [0.29, 0.717) is 33.2 Å². The van der Waals surface area contributed by atoms with Crippen molar-refractivity contribution in [2.45, 2.75) is 12.2 Å². The largest absolute Gasteiger partial charge is 0.465 e. The van der Waals surface area contributed by atoms with Crippen molar-refractivity contribution in [1.82, 2.24) is 4.98 Å². The summed E-state index contributed by atoms with van der Waals surface area (Å²) in [5, 5.41) is 0.563. The molecule has 0 fully saturated rings. The molecule has 0 aliphatic rings. The topological polar surface area (TPSA) is 113 Å². The Hall–Kier alpha value is -2.79. The van der Waals surface area contributed by atoms with Crippen LogP contribution in [0.25, 0.3) is 11.3 Å². The van der Waals surface area contributed by atoms with Gasteiger partial charge in [-0.1, -0.05) is 63.4 Å². The van der Waals surface area contributed by atoms with Gasteiger partial charge in [0, 0.05) is 21.3 Å². The maximum atomic E-state index is 14.3. The van der Waals surface area contributed by atoms with Crippen LogP contribution in [0.4, 0.5) is 20.5 Å². The first kappa shape index (κ1) is 29.2. The number of aromatic nitrogens is 1. The number of oxazole rings is 1. The predicted molar refractivity (Wildman–Crippen MR) is 146 cm³/mol. The van der Waals surface area contributed by atoms with Crippen molar-refractivity contribution >= 4 is 64.4 Å². The van der Waals surface area contributed by atoms with Crippen LogP contribution >= 0.6 is 46.7 Å². The quantitative estimate of drug-likeness (QED) is 0.146. The molecule has 0 aliphatic carbocycles. The van der Waals surface area contributed by atoms with Gasteiger partial charge in [-0.3, -0.25) is 9.46 Å². The van der Waals surface area contributed by atoms with Crippen LogP contribution in [0.1, 0.15) is 21.5 Å². The number of esters is 1. The number of carbonyl (C=O) groups is 1. The van der Waals surface area contributed by atoms with Crippen molar-refractivity contribution in [1.29, 1.82) is 0 Å². The van der Waals surface area contributed by atoms with Crippen molar-refractivity contribution < 1.29 is 37.1 Å². The highest BCUT2D eigenvalue weighted by molar-refractivity contribution is 9.10. The lowest BCUT2D eigenvalue weighted by atomic mass is 10.1. The van der Waals surface area contributed by atoms with Gasteiger partial charge in [-0.25, -0.2) is 9.78 Å². The van der Waals surface area contributed by atoms with Crippen LogP contribution in [0.3, 0.4) is 0 Å². The number of hydrogen-bond donors (Lipinski definition) is 2. The van der Waals surface area contributed by atoms with E-state index < -0.39 is 24.8 Å². The van der Waals surface area contributed by atoms with Crippen molar-refractivity contribution in [2.24, 2.45) is 0 Å². The van der Waals surface area contributed by atoms with Gasteiger partial charge in [-0.15, -0.1) is 0 Å². The van der Waals surface area contributed by atoms with Gasteiger partial charge >= 0.3 is 25.2 Å². The maximum absolute atomic E-state index is 14.3. The summed E-state index contributed by atoms with van der Waals surface area (Å²) >= 11 is 15.3. The molecule has 0 spiro atoms. The van der Waals surface area contributed by atoms with Gasteiger partial charge in [-0.05, 0) is 42.0 Å². The first-order valence-corrected chi connectivity index (χ1v) is 14.1. The summed E-state index contributed by atoms with van der Waals surface area (Å²) in [6.07, 6.45) is 1.48. The zero-order valence-corrected chi connectivity index (χ0v) is 23.8. The molecule has 1 heterocycles. The summed E-state index contributed by atoms with van der Waals surface area (Å²) in [6.45, 7) is 0.0412. The second kappa shape index (κ2) is 11.4. The summed E-state index contributed by atoms with van der Waals surface area (Å²) in [5.74, 6) is -0.106. The van der Waals surface area contributed by atoms with Crippen LogP contribution < -0.4 is 4.90 Å². The minimum absolute atomic E-state index is 0.0412. The molecular formula is C25H18BrCl2F2N2O6P. The monoisotopic (exact) mass is 660 g/mol. The van der Waals surface area contributed by atoms with Gasteiger partial charge in [-0.2, -0.15) is 8.78 Å². The molecule has 4 rings (SSSR count). The first-order valence-electron chi connectivity index (χ1n) is 10.9. The molecule has 8 nitrogen and oxygen atoms in total. The molecule has 14 heteroatoms. The van der Waals surface area contributed by atoms with Crippen LogP contribution in [0.2, 0.25) is 10.0 Å². The van der Waals surface area contributed by atoms with Crippen molar-refractivity contribution in [3.63, 3.8) is 0 Å². The SMILES string of the molecule is COC(=O)c1ccc(-c2cnc(N(Cc3ccc(C(F)(F)P(=O)(O)O)c(Br)c3)c3ccc(Cl)c(Cl)c3)o2)cc1. The highest BCUT2D eigenvalue weighted by Gasteiger charge is 2.51. The molecule has 0 saturated carbocycles. The van der Waals surface area contributed by atoms with E-state index in [0.717, 1.165) is 6.07 Å². The highest BCUT2D eigenvalue weighted by atomic mass is 79.9. The minimum Gasteiger partial charge on any atom is -0.465 e. The fraction of sp³-hybridized carbons (Fsp3) is 0.120. The number of rotatable bonds is 8. The lowest BCUT2D eigenvalue weighted by Gasteiger charge is -2.23. The second-order valence-corrected chi connectivity index (χ2v) is 11.5. The van der Waals surface area contributed by atoms with E-state index in [9.17, 15) is 18.1 Å². The maximum Gasteiger partial charge on any atom is 0.399 e. The molecule has 0 saturated heterocycles. The molecule has 204 valence electrons. The third-order valence-corrected chi connectivity index (χ3v) is 7.96. The lowest BCUT2D eigenvalue weighted by molar-refractivity contribution is 0.0557. The number of benzene rings is 3. The molecule has 0 bridgehead atoms. The Morgan fingerprint density at radius 3 is 2.38 bits per heavy atom. The molecule has 0 aliphatic heterocycles. The number of hydrogen-bond acceptors (Lipinski definition) is 6. The predicted octanol–water partition coefficient (Wildman–Crippen LogP) is 7.76. The molecule has 39 heavy (non-hydrogen) atoms. The summed E-state index contributed by atoms with van der Waals surface area (Å²) in [6, 6.07) is 15.0. The van der Waals surface area contributed by atoms with Crippen molar-refractivity contribution in [3.8, 4) is 11.3 Å². The number of anilines is 2. The smallest absolute Gasteiger partial charge is 0.399 e. The van der Waals surface area contributed by atoms with Crippen LogP contribution in [0.15, 0.2) is 75.8 Å². The summed E-state index contributed by atoms with van der Waals surface area (Å²) in [4.78, 5) is 35.9. The van der Waals surface area contributed by atoms with E-state index in [2.05, 4.69) is 20.9 Å². The molecule has 0 unspecified atom stereocenters. The Kier molecular flexibility index (Phi) is 8.51. The van der Waals surface area contributed by atoms with Gasteiger partial charge in [0.25, 0.3) is 0 Å². The summed E-state index contributed by atoms with van der Waals surface area (Å²) in [5.41, 5.74) is -3.26. The number of carbonyl (C=O) groups excluding carboxylic acids is 1. The third kappa shape index (κ3) is 6.19. The molecule has 0 radical (unpaired) electrons. The highest BCUT2D eigenvalue weighted by Crippen LogP contribution is 2.60. The van der Waals surface area contributed by atoms with Gasteiger partial charge in [0.05, 0.1) is 35.5 Å². The van der Waals surface area contributed by atoms with Gasteiger partial charge < -0.3 is 18.9 Å². The van der Waals surface area contributed by atoms with Gasteiger partial charge in [0.15, 0.2) is 5.76 Å². The molecular weight excluding hydrogens is 644 g/mol. The zero-order valence-electron chi connectivity index (χ0n) is 19.8. The lowest BCUT2D eigenvalue weighted by Crippen LogP contribution is -2.18. The number of methoxy groups -OCH3 is 1. The number of halogens is 5. The normalized spacial score (nSPS) is 11.9. The van der Waals surface area contributed by atoms with Crippen LogP contribution in [0.5, 0.6) is 0 Å². The van der Waals surface area contributed by atoms with Crippen molar-refractivity contribution in [3.05, 3.63) is 98.1 Å². The molecule has 2 N–H and O–H groups in total. The third-order valence-electron chi connectivity index (χ3n) is 5.59. The first-order chi connectivity index (χ1) is 18.3. The van der Waals surface area contributed by atoms with Gasteiger partial charge in [0.2, 0.25) is 0 Å². The van der Waals surface area contributed by atoms with E-state index >= 15 is 0 Å². The van der Waals surface area contributed by atoms with Gasteiger partial charge in [0.1, 0.15) is 0 Å².